The van der Waals surface area contributed by atoms with E-state index in [1.165, 1.54) is 12.8 Å². The number of rotatable bonds is 4. The Labute approximate surface area is 112 Å². The van der Waals surface area contributed by atoms with E-state index in [1.807, 2.05) is 0 Å². The van der Waals surface area contributed by atoms with Crippen LogP contribution in [0.2, 0.25) is 0 Å². The van der Waals surface area contributed by atoms with Crippen molar-refractivity contribution in [2.75, 3.05) is 12.3 Å². The molecule has 2 atom stereocenters. The number of nitrogens with two attached hydrogens (primary N) is 1. The molecule has 7 heteroatoms. The fraction of sp³-hybridized carbons (Fsp3) is 0.727. The Kier molecular flexibility index (Phi) is 3.93. The van der Waals surface area contributed by atoms with Gasteiger partial charge in [0.1, 0.15) is 0 Å². The third kappa shape index (κ3) is 2.84. The van der Waals surface area contributed by atoms with Crippen LogP contribution < -0.4 is 10.5 Å². The Morgan fingerprint density at radius 2 is 2.22 bits per heavy atom. The highest BCUT2D eigenvalue weighted by atomic mass is 32.2. The average Bonchev–Trinajstić information content (AvgIpc) is 2.82. The summed E-state index contributed by atoms with van der Waals surface area (Å²) in [6.45, 7) is 4.36. The first-order chi connectivity index (χ1) is 8.40. The molecule has 0 bridgehead atoms. The summed E-state index contributed by atoms with van der Waals surface area (Å²) in [5, 5.41) is 0.294. The molecule has 1 aliphatic carbocycles. The van der Waals surface area contributed by atoms with Gasteiger partial charge in [-0.15, -0.1) is 0 Å². The quantitative estimate of drug-likeness (QED) is 0.884. The van der Waals surface area contributed by atoms with Crippen LogP contribution in [0.25, 0.3) is 0 Å². The zero-order valence-electron chi connectivity index (χ0n) is 10.6. The molecule has 1 heterocycles. The average molecular weight is 289 g/mol. The molecule has 0 saturated heterocycles. The van der Waals surface area contributed by atoms with E-state index >= 15 is 0 Å². The lowest BCUT2D eigenvalue weighted by molar-refractivity contribution is 0.414. The lowest BCUT2D eigenvalue weighted by Gasteiger charge is -2.15. The van der Waals surface area contributed by atoms with Crippen LogP contribution in [-0.4, -0.2) is 19.9 Å². The summed E-state index contributed by atoms with van der Waals surface area (Å²) in [6, 6.07) is 0. The van der Waals surface area contributed by atoms with Crippen molar-refractivity contribution < 1.29 is 8.42 Å². The molecule has 1 aliphatic rings. The number of nitrogens with one attached hydrogen (secondary N) is 1. The molecule has 5 nitrogen and oxygen atoms in total. The van der Waals surface area contributed by atoms with E-state index in [0.717, 1.165) is 17.8 Å². The first kappa shape index (κ1) is 13.8. The van der Waals surface area contributed by atoms with Crippen LogP contribution in [0.1, 0.15) is 31.9 Å². The molecular formula is C11H19N3O2S2. The van der Waals surface area contributed by atoms with Crippen LogP contribution in [0.15, 0.2) is 4.21 Å². The van der Waals surface area contributed by atoms with Crippen molar-refractivity contribution in [3.63, 3.8) is 0 Å². The van der Waals surface area contributed by atoms with Gasteiger partial charge in [-0.1, -0.05) is 31.1 Å². The molecule has 2 unspecified atom stereocenters. The predicted molar refractivity (Wildman–Crippen MR) is 73.0 cm³/mol. The lowest BCUT2D eigenvalue weighted by Crippen LogP contribution is -2.30. The van der Waals surface area contributed by atoms with Crippen LogP contribution in [0.3, 0.4) is 0 Å². The highest BCUT2D eigenvalue weighted by molar-refractivity contribution is 7.91. The fourth-order valence-corrected chi connectivity index (χ4v) is 4.90. The second-order valence-electron chi connectivity index (χ2n) is 4.95. The molecule has 1 fully saturated rings. The van der Waals surface area contributed by atoms with Crippen molar-refractivity contribution in [2.24, 2.45) is 11.8 Å². The predicted octanol–water partition coefficient (Wildman–Crippen LogP) is 1.75. The molecule has 0 aliphatic heterocycles. The Balaban J connectivity index is 2.06. The van der Waals surface area contributed by atoms with Crippen molar-refractivity contribution in [2.45, 2.75) is 37.3 Å². The Morgan fingerprint density at radius 1 is 1.50 bits per heavy atom. The number of aryl methyl sites for hydroxylation is 1. The van der Waals surface area contributed by atoms with Gasteiger partial charge in [0.15, 0.2) is 9.34 Å². The standard InChI is InChI=1S/C11H19N3O2S2/c1-7-4-3-5-9(7)6-13-18(15,16)10-8(2)14-11(12)17-10/h7,9,13H,3-6H2,1-2H3,(H2,12,14). The maximum Gasteiger partial charge on any atom is 0.252 e. The molecule has 0 spiro atoms. The van der Waals surface area contributed by atoms with E-state index in [-0.39, 0.29) is 4.21 Å². The number of hydrogen-bond acceptors (Lipinski definition) is 5. The van der Waals surface area contributed by atoms with Gasteiger partial charge in [0, 0.05) is 6.54 Å². The molecule has 0 radical (unpaired) electrons. The molecule has 2 rings (SSSR count). The molecule has 0 amide bonds. The topological polar surface area (TPSA) is 85.1 Å². The second kappa shape index (κ2) is 5.14. The SMILES string of the molecule is Cc1nc(N)sc1S(=O)(=O)NCC1CCCC1C. The monoisotopic (exact) mass is 289 g/mol. The first-order valence-electron chi connectivity index (χ1n) is 6.12. The summed E-state index contributed by atoms with van der Waals surface area (Å²) >= 11 is 1.02. The van der Waals surface area contributed by atoms with E-state index < -0.39 is 10.0 Å². The molecule has 18 heavy (non-hydrogen) atoms. The minimum atomic E-state index is -3.45. The zero-order chi connectivity index (χ0) is 13.3. The minimum Gasteiger partial charge on any atom is -0.375 e. The molecular weight excluding hydrogens is 270 g/mol. The van der Waals surface area contributed by atoms with Crippen LogP contribution in [0.5, 0.6) is 0 Å². The van der Waals surface area contributed by atoms with E-state index in [9.17, 15) is 8.42 Å². The van der Waals surface area contributed by atoms with Gasteiger partial charge >= 0.3 is 0 Å². The smallest absolute Gasteiger partial charge is 0.252 e. The summed E-state index contributed by atoms with van der Waals surface area (Å²) in [7, 11) is -3.45. The molecule has 3 N–H and O–H groups in total. The van der Waals surface area contributed by atoms with Gasteiger partial charge in [0.05, 0.1) is 5.69 Å². The third-order valence-corrected chi connectivity index (χ3v) is 6.61. The second-order valence-corrected chi connectivity index (χ2v) is 7.94. The van der Waals surface area contributed by atoms with Crippen LogP contribution in [-0.2, 0) is 10.0 Å². The molecule has 1 aromatic heterocycles. The number of aromatic nitrogens is 1. The Bertz CT molecular complexity index is 524. The van der Waals surface area contributed by atoms with Gasteiger partial charge < -0.3 is 5.73 Å². The largest absolute Gasteiger partial charge is 0.375 e. The number of nitrogen functional groups attached to an aromatic ring is 1. The summed E-state index contributed by atoms with van der Waals surface area (Å²) in [5.74, 6) is 1.05. The maximum absolute atomic E-state index is 12.1. The lowest BCUT2D eigenvalue weighted by atomic mass is 9.99. The van der Waals surface area contributed by atoms with E-state index in [0.29, 0.717) is 29.2 Å². The summed E-state index contributed by atoms with van der Waals surface area (Å²) in [6.07, 6.45) is 3.49. The zero-order valence-corrected chi connectivity index (χ0v) is 12.3. The summed E-state index contributed by atoms with van der Waals surface area (Å²) < 4.78 is 27.2. The van der Waals surface area contributed by atoms with Gasteiger partial charge in [0.2, 0.25) is 0 Å². The van der Waals surface area contributed by atoms with Crippen molar-refractivity contribution in [1.82, 2.24) is 9.71 Å². The Hall–Kier alpha value is -0.660. The van der Waals surface area contributed by atoms with Crippen LogP contribution >= 0.6 is 11.3 Å². The number of sulfonamides is 1. The molecule has 0 aromatic carbocycles. The fourth-order valence-electron chi connectivity index (χ4n) is 2.46. The van der Waals surface area contributed by atoms with Gasteiger partial charge in [-0.2, -0.15) is 0 Å². The summed E-state index contributed by atoms with van der Waals surface area (Å²) in [5.41, 5.74) is 6.01. The Morgan fingerprint density at radius 3 is 2.72 bits per heavy atom. The van der Waals surface area contributed by atoms with Gasteiger partial charge in [-0.25, -0.2) is 18.1 Å². The van der Waals surface area contributed by atoms with Gasteiger partial charge in [0.25, 0.3) is 10.0 Å². The van der Waals surface area contributed by atoms with Crippen molar-refractivity contribution in [3.05, 3.63) is 5.69 Å². The minimum absolute atomic E-state index is 0.241. The number of thiazole rings is 1. The van der Waals surface area contributed by atoms with E-state index in [2.05, 4.69) is 16.6 Å². The van der Waals surface area contributed by atoms with Crippen molar-refractivity contribution in [3.8, 4) is 0 Å². The van der Waals surface area contributed by atoms with Crippen molar-refractivity contribution >= 4 is 26.5 Å². The van der Waals surface area contributed by atoms with Crippen LogP contribution in [0.4, 0.5) is 5.13 Å². The first-order valence-corrected chi connectivity index (χ1v) is 8.42. The highest BCUT2D eigenvalue weighted by Crippen LogP contribution is 2.31. The van der Waals surface area contributed by atoms with Gasteiger partial charge in [-0.3, -0.25) is 0 Å². The molecule has 1 saturated carbocycles. The highest BCUT2D eigenvalue weighted by Gasteiger charge is 2.27. The van der Waals surface area contributed by atoms with Gasteiger partial charge in [-0.05, 0) is 25.2 Å². The maximum atomic E-state index is 12.1. The third-order valence-electron chi connectivity index (χ3n) is 3.59. The molecule has 1 aromatic rings. The van der Waals surface area contributed by atoms with Crippen molar-refractivity contribution in [1.29, 1.82) is 0 Å². The van der Waals surface area contributed by atoms with E-state index in [4.69, 9.17) is 5.73 Å². The van der Waals surface area contributed by atoms with E-state index in [1.54, 1.807) is 6.92 Å². The molecule has 102 valence electrons. The normalized spacial score (nSPS) is 24.6. The number of nitrogens with zero attached hydrogens (tertiary/aromatic N) is 1. The number of hydrogen-bond donors (Lipinski definition) is 2. The van der Waals surface area contributed by atoms with Crippen LogP contribution in [0, 0.1) is 18.8 Å². The summed E-state index contributed by atoms with van der Waals surface area (Å²) in [4.78, 5) is 3.95. The number of anilines is 1.